The van der Waals surface area contributed by atoms with Crippen molar-refractivity contribution in [1.82, 2.24) is 10.2 Å². The number of carbonyl (C=O) groups is 2. The minimum absolute atomic E-state index is 0.144. The standard InChI is InChI=1S/C30H35BrN2O3/c1-4-5-17-32-30(35)27(19-24-9-7-6-8-10-24)33(20-25-13-15-26(31)16-14-25)29(34)21-36-28-18-22(2)11-12-23(28)3/h6-16,18,27H,4-5,17,19-21H2,1-3H3,(H,32,35). The third-order valence-electron chi connectivity index (χ3n) is 6.06. The Morgan fingerprint density at radius 1 is 0.972 bits per heavy atom. The Kier molecular flexibility index (Phi) is 10.6. The van der Waals surface area contributed by atoms with Crippen molar-refractivity contribution in [1.29, 1.82) is 0 Å². The molecule has 36 heavy (non-hydrogen) atoms. The largest absolute Gasteiger partial charge is 0.483 e. The Balaban J connectivity index is 1.89. The first-order valence-corrected chi connectivity index (χ1v) is 13.2. The first kappa shape index (κ1) is 27.5. The molecule has 6 heteroatoms. The Bertz CT molecular complexity index is 1130. The smallest absolute Gasteiger partial charge is 0.261 e. The van der Waals surface area contributed by atoms with Crippen LogP contribution in [0.1, 0.15) is 42.0 Å². The summed E-state index contributed by atoms with van der Waals surface area (Å²) in [5.74, 6) is 0.300. The van der Waals surface area contributed by atoms with Gasteiger partial charge in [-0.05, 0) is 60.7 Å². The van der Waals surface area contributed by atoms with Crippen LogP contribution in [0.15, 0.2) is 77.3 Å². The van der Waals surface area contributed by atoms with Crippen LogP contribution in [0.3, 0.4) is 0 Å². The van der Waals surface area contributed by atoms with Crippen molar-refractivity contribution in [2.45, 2.75) is 52.6 Å². The van der Waals surface area contributed by atoms with Gasteiger partial charge in [-0.2, -0.15) is 0 Å². The molecule has 5 nitrogen and oxygen atoms in total. The lowest BCUT2D eigenvalue weighted by molar-refractivity contribution is -0.142. The first-order chi connectivity index (χ1) is 17.4. The lowest BCUT2D eigenvalue weighted by Gasteiger charge is -2.31. The topological polar surface area (TPSA) is 58.6 Å². The van der Waals surface area contributed by atoms with E-state index in [0.717, 1.165) is 39.6 Å². The van der Waals surface area contributed by atoms with Gasteiger partial charge in [0, 0.05) is 24.0 Å². The lowest BCUT2D eigenvalue weighted by Crippen LogP contribution is -2.51. The van der Waals surface area contributed by atoms with E-state index in [0.29, 0.717) is 25.3 Å². The van der Waals surface area contributed by atoms with Crippen molar-refractivity contribution in [3.63, 3.8) is 0 Å². The molecule has 0 saturated heterocycles. The van der Waals surface area contributed by atoms with E-state index in [9.17, 15) is 9.59 Å². The molecule has 0 bridgehead atoms. The molecule has 1 atom stereocenters. The molecule has 0 aliphatic carbocycles. The van der Waals surface area contributed by atoms with Gasteiger partial charge < -0.3 is 15.0 Å². The fourth-order valence-corrected chi connectivity index (χ4v) is 4.20. The van der Waals surface area contributed by atoms with E-state index in [4.69, 9.17) is 4.74 Å². The highest BCUT2D eigenvalue weighted by atomic mass is 79.9. The van der Waals surface area contributed by atoms with Crippen LogP contribution in [-0.4, -0.2) is 35.9 Å². The highest BCUT2D eigenvalue weighted by molar-refractivity contribution is 9.10. The highest BCUT2D eigenvalue weighted by Gasteiger charge is 2.30. The minimum atomic E-state index is -0.664. The summed E-state index contributed by atoms with van der Waals surface area (Å²) >= 11 is 3.47. The summed E-state index contributed by atoms with van der Waals surface area (Å²) in [7, 11) is 0. The zero-order valence-electron chi connectivity index (χ0n) is 21.3. The van der Waals surface area contributed by atoms with Gasteiger partial charge in [0.15, 0.2) is 6.61 Å². The molecule has 0 radical (unpaired) electrons. The fourth-order valence-electron chi connectivity index (χ4n) is 3.93. The van der Waals surface area contributed by atoms with Crippen molar-refractivity contribution in [2.24, 2.45) is 0 Å². The van der Waals surface area contributed by atoms with Crippen LogP contribution in [0.25, 0.3) is 0 Å². The molecule has 0 aliphatic rings. The summed E-state index contributed by atoms with van der Waals surface area (Å²) in [6.07, 6.45) is 2.29. The average Bonchev–Trinajstić information content (AvgIpc) is 2.88. The van der Waals surface area contributed by atoms with Crippen LogP contribution in [0.5, 0.6) is 5.75 Å². The first-order valence-electron chi connectivity index (χ1n) is 12.4. The van der Waals surface area contributed by atoms with Gasteiger partial charge in [-0.15, -0.1) is 0 Å². The van der Waals surface area contributed by atoms with Crippen LogP contribution in [0, 0.1) is 13.8 Å². The van der Waals surface area contributed by atoms with Gasteiger partial charge >= 0.3 is 0 Å². The number of carbonyl (C=O) groups excluding carboxylic acids is 2. The number of ether oxygens (including phenoxy) is 1. The molecule has 0 aromatic heterocycles. The van der Waals surface area contributed by atoms with Crippen molar-refractivity contribution in [3.05, 3.63) is 99.5 Å². The number of benzene rings is 3. The molecule has 0 fully saturated rings. The monoisotopic (exact) mass is 550 g/mol. The SMILES string of the molecule is CCCCNC(=O)C(Cc1ccccc1)N(Cc1ccc(Br)cc1)C(=O)COc1cc(C)ccc1C. The molecule has 2 amide bonds. The third-order valence-corrected chi connectivity index (χ3v) is 6.59. The van der Waals surface area contributed by atoms with Gasteiger partial charge in [-0.3, -0.25) is 9.59 Å². The van der Waals surface area contributed by atoms with Gasteiger partial charge in [0.25, 0.3) is 5.91 Å². The molecule has 0 heterocycles. The molecule has 1 unspecified atom stereocenters. The highest BCUT2D eigenvalue weighted by Crippen LogP contribution is 2.21. The Morgan fingerprint density at radius 3 is 2.39 bits per heavy atom. The number of nitrogens with one attached hydrogen (secondary N) is 1. The molecular weight excluding hydrogens is 516 g/mol. The number of hydrogen-bond donors (Lipinski definition) is 1. The van der Waals surface area contributed by atoms with E-state index in [1.165, 1.54) is 0 Å². The number of nitrogens with zero attached hydrogens (tertiary/aromatic N) is 1. The maximum atomic E-state index is 13.7. The Labute approximate surface area is 223 Å². The molecule has 0 spiro atoms. The number of aryl methyl sites for hydroxylation is 2. The lowest BCUT2D eigenvalue weighted by atomic mass is 10.0. The maximum Gasteiger partial charge on any atom is 0.261 e. The summed E-state index contributed by atoms with van der Waals surface area (Å²) in [4.78, 5) is 28.7. The number of amides is 2. The van der Waals surface area contributed by atoms with Gasteiger partial charge in [-0.25, -0.2) is 0 Å². The van der Waals surface area contributed by atoms with Crippen molar-refractivity contribution >= 4 is 27.7 Å². The summed E-state index contributed by atoms with van der Waals surface area (Å²) in [6.45, 7) is 6.78. The number of rotatable bonds is 12. The predicted octanol–water partition coefficient (Wildman–Crippen LogP) is 6.00. The molecule has 0 aliphatic heterocycles. The van der Waals surface area contributed by atoms with Gasteiger partial charge in [0.1, 0.15) is 11.8 Å². The van der Waals surface area contributed by atoms with E-state index in [1.54, 1.807) is 4.90 Å². The number of hydrogen-bond acceptors (Lipinski definition) is 3. The second-order valence-electron chi connectivity index (χ2n) is 9.06. The molecule has 3 aromatic carbocycles. The second-order valence-corrected chi connectivity index (χ2v) is 9.97. The quantitative estimate of drug-likeness (QED) is 0.281. The molecule has 190 valence electrons. The van der Waals surface area contributed by atoms with Crippen LogP contribution in [-0.2, 0) is 22.6 Å². The summed E-state index contributed by atoms with van der Waals surface area (Å²) in [5.41, 5.74) is 3.97. The van der Waals surface area contributed by atoms with E-state index in [-0.39, 0.29) is 18.4 Å². The normalized spacial score (nSPS) is 11.6. The van der Waals surface area contributed by atoms with E-state index < -0.39 is 6.04 Å². The van der Waals surface area contributed by atoms with E-state index >= 15 is 0 Å². The van der Waals surface area contributed by atoms with E-state index in [2.05, 4.69) is 28.2 Å². The van der Waals surface area contributed by atoms with Crippen molar-refractivity contribution in [3.8, 4) is 5.75 Å². The third kappa shape index (κ3) is 8.23. The van der Waals surface area contributed by atoms with Crippen LogP contribution < -0.4 is 10.1 Å². The number of unbranched alkanes of at least 4 members (excludes halogenated alkanes) is 1. The summed E-state index contributed by atoms with van der Waals surface area (Å²) < 4.78 is 6.92. The second kappa shape index (κ2) is 13.8. The van der Waals surface area contributed by atoms with Gasteiger partial charge in [-0.1, -0.05) is 83.9 Å². The predicted molar refractivity (Wildman–Crippen MR) is 148 cm³/mol. The van der Waals surface area contributed by atoms with Crippen LogP contribution in [0.4, 0.5) is 0 Å². The van der Waals surface area contributed by atoms with Gasteiger partial charge in [0.2, 0.25) is 5.91 Å². The molecule has 3 rings (SSSR count). The summed E-state index contributed by atoms with van der Waals surface area (Å²) in [5, 5.41) is 3.04. The zero-order chi connectivity index (χ0) is 25.9. The van der Waals surface area contributed by atoms with Crippen molar-refractivity contribution in [2.75, 3.05) is 13.2 Å². The maximum absolute atomic E-state index is 13.7. The Hall–Kier alpha value is -3.12. The van der Waals surface area contributed by atoms with Crippen molar-refractivity contribution < 1.29 is 14.3 Å². The average molecular weight is 552 g/mol. The van der Waals surface area contributed by atoms with Gasteiger partial charge in [0.05, 0.1) is 0 Å². The molecular formula is C30H35BrN2O3. The fraction of sp³-hybridized carbons (Fsp3) is 0.333. The molecule has 1 N–H and O–H groups in total. The van der Waals surface area contributed by atoms with Crippen LogP contribution in [0.2, 0.25) is 0 Å². The molecule has 0 saturated carbocycles. The zero-order valence-corrected chi connectivity index (χ0v) is 22.9. The summed E-state index contributed by atoms with van der Waals surface area (Å²) in [6, 6.07) is 22.9. The minimum Gasteiger partial charge on any atom is -0.483 e. The van der Waals surface area contributed by atoms with E-state index in [1.807, 2.05) is 86.6 Å². The molecule has 3 aromatic rings. The number of halogens is 1. The van der Waals surface area contributed by atoms with Crippen LogP contribution >= 0.6 is 15.9 Å². The Morgan fingerprint density at radius 2 is 1.69 bits per heavy atom.